The summed E-state index contributed by atoms with van der Waals surface area (Å²) in [6.45, 7) is 0. The van der Waals surface area contributed by atoms with E-state index in [9.17, 15) is 0 Å². The maximum atomic E-state index is 2.52. The van der Waals surface area contributed by atoms with Gasteiger partial charge in [-0.3, -0.25) is 0 Å². The number of rotatable bonds is 0. The highest BCUT2D eigenvalue weighted by Crippen LogP contribution is 2.90. The largest absolute Gasteiger partial charge is 0.143 e. The van der Waals surface area contributed by atoms with E-state index in [1.807, 2.05) is 0 Å². The molecule has 2 spiro atoms. The third-order valence-electron chi connectivity index (χ3n) is 8.78. The Balaban J connectivity index is 1.40. The van der Waals surface area contributed by atoms with Crippen LogP contribution in [0.25, 0.3) is 0 Å². The first-order valence-corrected chi connectivity index (χ1v) is 10.4. The molecular weight excluding hydrogens is 284 g/mol. The van der Waals surface area contributed by atoms with Crippen LogP contribution in [-0.4, -0.2) is 9.49 Å². The van der Waals surface area contributed by atoms with E-state index < -0.39 is 0 Å². The highest BCUT2D eigenvalue weighted by Gasteiger charge is 2.84. The lowest BCUT2D eigenvalue weighted by Crippen LogP contribution is -2.54. The highest BCUT2D eigenvalue weighted by molar-refractivity contribution is 8.09. The van der Waals surface area contributed by atoms with Crippen molar-refractivity contribution in [1.82, 2.24) is 0 Å². The summed E-state index contributed by atoms with van der Waals surface area (Å²) in [6, 6.07) is 9.54. The average molecular weight is 308 g/mol. The van der Waals surface area contributed by atoms with Crippen LogP contribution >= 0.6 is 11.8 Å². The monoisotopic (exact) mass is 308 g/mol. The van der Waals surface area contributed by atoms with Crippen LogP contribution in [0, 0.1) is 23.7 Å². The topological polar surface area (TPSA) is 0 Å². The maximum absolute atomic E-state index is 2.52. The lowest BCUT2D eigenvalue weighted by molar-refractivity contribution is -0.0154. The van der Waals surface area contributed by atoms with E-state index in [-0.39, 0.29) is 0 Å². The van der Waals surface area contributed by atoms with E-state index in [2.05, 4.69) is 36.0 Å². The lowest BCUT2D eigenvalue weighted by atomic mass is 9.48. The minimum Gasteiger partial charge on any atom is -0.143 e. The van der Waals surface area contributed by atoms with Crippen LogP contribution in [-0.2, 0) is 0 Å². The van der Waals surface area contributed by atoms with Crippen molar-refractivity contribution < 1.29 is 0 Å². The van der Waals surface area contributed by atoms with Gasteiger partial charge in [-0.05, 0) is 79.7 Å². The summed E-state index contributed by atoms with van der Waals surface area (Å²) in [5.41, 5.74) is 3.52. The number of hydrogen-bond acceptors (Lipinski definition) is 1. The van der Waals surface area contributed by atoms with E-state index in [0.717, 1.165) is 40.3 Å². The Morgan fingerprint density at radius 2 is 1.27 bits per heavy atom. The molecule has 1 aromatic carbocycles. The fraction of sp³-hybridized carbons (Fsp3) is 0.714. The van der Waals surface area contributed by atoms with Crippen molar-refractivity contribution >= 4 is 11.8 Å². The molecule has 5 saturated carbocycles. The van der Waals surface area contributed by atoms with Crippen LogP contribution in [0.15, 0.2) is 24.3 Å². The van der Waals surface area contributed by atoms with Gasteiger partial charge in [-0.1, -0.05) is 24.3 Å². The molecule has 1 aliphatic heterocycles. The molecule has 1 unspecified atom stereocenters. The first kappa shape index (κ1) is 12.0. The van der Waals surface area contributed by atoms with Gasteiger partial charge in [0, 0.05) is 21.3 Å². The molecule has 6 fully saturated rings. The second kappa shape index (κ2) is 3.48. The van der Waals surface area contributed by atoms with Gasteiger partial charge in [0.05, 0.1) is 0 Å². The molecule has 0 nitrogen and oxygen atoms in total. The molecule has 1 heteroatoms. The van der Waals surface area contributed by atoms with Crippen LogP contribution in [0.1, 0.15) is 67.9 Å². The van der Waals surface area contributed by atoms with Crippen LogP contribution in [0.2, 0.25) is 0 Å². The van der Waals surface area contributed by atoms with Gasteiger partial charge in [0.1, 0.15) is 0 Å². The molecule has 0 aromatic heterocycles. The molecule has 1 heterocycles. The zero-order valence-electron chi connectivity index (χ0n) is 13.1. The third kappa shape index (κ3) is 1.04. The molecule has 1 saturated heterocycles. The Kier molecular flexibility index (Phi) is 1.90. The quantitative estimate of drug-likeness (QED) is 0.583. The Bertz CT molecular complexity index is 630. The summed E-state index contributed by atoms with van der Waals surface area (Å²) in [5.74, 6) is 6.24. The van der Waals surface area contributed by atoms with Crippen LogP contribution in [0.4, 0.5) is 0 Å². The summed E-state index contributed by atoms with van der Waals surface area (Å²) < 4.78 is 1.39. The molecule has 0 radical (unpaired) electrons. The Labute approximate surface area is 137 Å². The molecule has 7 aliphatic rings. The molecule has 3 atom stereocenters. The van der Waals surface area contributed by atoms with Crippen molar-refractivity contribution in [3.8, 4) is 0 Å². The predicted octanol–water partition coefficient (Wildman–Crippen LogP) is 5.34. The summed E-state index contributed by atoms with van der Waals surface area (Å²) >= 11 is 2.52. The first-order valence-electron chi connectivity index (χ1n) is 9.62. The van der Waals surface area contributed by atoms with E-state index in [4.69, 9.17) is 0 Å². The Morgan fingerprint density at radius 3 is 1.82 bits per heavy atom. The van der Waals surface area contributed by atoms with Gasteiger partial charge in [0.25, 0.3) is 0 Å². The van der Waals surface area contributed by atoms with E-state index in [0.29, 0.717) is 4.75 Å². The summed E-state index contributed by atoms with van der Waals surface area (Å²) in [5, 5.41) is 0. The van der Waals surface area contributed by atoms with Crippen molar-refractivity contribution in [3.63, 3.8) is 0 Å². The van der Waals surface area contributed by atoms with Gasteiger partial charge < -0.3 is 0 Å². The molecule has 0 N–H and O–H groups in total. The minimum atomic E-state index is 0.666. The van der Waals surface area contributed by atoms with Gasteiger partial charge in [-0.25, -0.2) is 0 Å². The van der Waals surface area contributed by atoms with Crippen molar-refractivity contribution in [2.45, 2.75) is 66.3 Å². The fourth-order valence-electron chi connectivity index (χ4n) is 8.55. The zero-order valence-corrected chi connectivity index (χ0v) is 13.9. The standard InChI is InChI=1S/C21H24S/c1-2-4-17-16(3-1)18-5-6-19(17)21(18)20(22-21)14-8-12-7-13(10-14)11-15(20)9-12/h1-4,12-15,18-19H,5-11H2/t12?,13?,14?,15?,18-,19+,20?,21?. The van der Waals surface area contributed by atoms with Crippen molar-refractivity contribution in [1.29, 1.82) is 0 Å². The van der Waals surface area contributed by atoms with E-state index >= 15 is 0 Å². The third-order valence-corrected chi connectivity index (χ3v) is 11.2. The second-order valence-electron chi connectivity index (χ2n) is 9.30. The lowest BCUT2D eigenvalue weighted by Gasteiger charge is -2.56. The van der Waals surface area contributed by atoms with Crippen LogP contribution in [0.3, 0.4) is 0 Å². The van der Waals surface area contributed by atoms with Crippen molar-refractivity contribution in [2.24, 2.45) is 23.7 Å². The molecule has 22 heavy (non-hydrogen) atoms. The van der Waals surface area contributed by atoms with Crippen molar-refractivity contribution in [2.75, 3.05) is 0 Å². The molecule has 0 amide bonds. The van der Waals surface area contributed by atoms with Gasteiger partial charge in [-0.15, -0.1) is 11.8 Å². The van der Waals surface area contributed by atoms with Crippen LogP contribution in [0.5, 0.6) is 0 Å². The second-order valence-corrected chi connectivity index (χ2v) is 10.9. The maximum Gasteiger partial charge on any atom is 0.0455 e. The molecule has 8 rings (SSSR count). The predicted molar refractivity (Wildman–Crippen MR) is 91.3 cm³/mol. The van der Waals surface area contributed by atoms with Gasteiger partial charge in [0.2, 0.25) is 0 Å². The fourth-order valence-corrected chi connectivity index (χ4v) is 11.2. The highest BCUT2D eigenvalue weighted by atomic mass is 32.2. The van der Waals surface area contributed by atoms with E-state index in [1.165, 1.54) is 12.8 Å². The Hall–Kier alpha value is -0.430. The molecule has 6 bridgehead atoms. The first-order chi connectivity index (χ1) is 10.8. The number of benzene rings is 1. The van der Waals surface area contributed by atoms with Crippen LogP contribution < -0.4 is 0 Å². The molecular formula is C21H24S. The van der Waals surface area contributed by atoms with Crippen molar-refractivity contribution in [3.05, 3.63) is 35.4 Å². The van der Waals surface area contributed by atoms with Gasteiger partial charge in [0.15, 0.2) is 0 Å². The number of thioether (sulfide) groups is 1. The zero-order chi connectivity index (χ0) is 14.1. The summed E-state index contributed by atoms with van der Waals surface area (Å²) in [7, 11) is 0. The van der Waals surface area contributed by atoms with Gasteiger partial charge >= 0.3 is 0 Å². The minimum absolute atomic E-state index is 0.666. The molecule has 6 aliphatic carbocycles. The average Bonchev–Trinajstić information content (AvgIpc) is 2.98. The Morgan fingerprint density at radius 1 is 0.727 bits per heavy atom. The molecule has 1 aromatic rings. The summed E-state index contributed by atoms with van der Waals surface area (Å²) in [6.07, 6.45) is 10.9. The molecule has 114 valence electrons. The normalized spacial score (nSPS) is 58.7. The number of fused-ring (bicyclic) bond motifs is 3. The SMILES string of the molecule is c1ccc2c(c1)[C@H]1CC[C@@H]2C12SC21C2CC3CC(C2)CC1C3. The number of hydrogen-bond donors (Lipinski definition) is 0. The van der Waals surface area contributed by atoms with Gasteiger partial charge in [-0.2, -0.15) is 0 Å². The summed E-state index contributed by atoms with van der Waals surface area (Å²) in [4.78, 5) is 0. The van der Waals surface area contributed by atoms with E-state index in [1.54, 1.807) is 43.2 Å². The smallest absolute Gasteiger partial charge is 0.0455 e.